The molecule has 0 amide bonds. The van der Waals surface area contributed by atoms with E-state index in [0.717, 1.165) is 10.9 Å². The number of halogens is 1. The van der Waals surface area contributed by atoms with Gasteiger partial charge in [-0.3, -0.25) is 0 Å². The number of benzene rings is 1. The van der Waals surface area contributed by atoms with Gasteiger partial charge in [0.25, 0.3) is 0 Å². The zero-order valence-corrected chi connectivity index (χ0v) is 9.63. The second kappa shape index (κ2) is 4.97. The van der Waals surface area contributed by atoms with E-state index in [1.807, 2.05) is 17.5 Å². The Morgan fingerprint density at radius 1 is 1.41 bits per heavy atom. The van der Waals surface area contributed by atoms with Crippen molar-refractivity contribution in [1.29, 1.82) is 0 Å². The van der Waals surface area contributed by atoms with Gasteiger partial charge in [0.05, 0.1) is 11.3 Å². The lowest BCUT2D eigenvalue weighted by atomic mass is 10.2. The summed E-state index contributed by atoms with van der Waals surface area (Å²) in [5.41, 5.74) is 0.276. The number of hydrogen-bond acceptors (Lipinski definition) is 3. The maximum absolute atomic E-state index is 13.4. The van der Waals surface area contributed by atoms with Crippen LogP contribution in [0.15, 0.2) is 35.7 Å². The molecule has 0 atom stereocenters. The minimum atomic E-state index is -1.07. The number of carboxylic acids is 1. The molecule has 0 bridgehead atoms. The second-order valence-corrected chi connectivity index (χ2v) is 4.46. The monoisotopic (exact) mass is 251 g/mol. The molecule has 0 saturated carbocycles. The molecular weight excluding hydrogens is 241 g/mol. The number of anilines is 1. The molecular formula is C12H10FNO2S. The standard InChI is InChI=1S/C12H10FNO2S/c13-10-4-3-8(12(15)16)6-11(10)14-7-9-2-1-5-17-9/h1-6,14H,7H2,(H,15,16). The molecule has 0 aliphatic carbocycles. The van der Waals surface area contributed by atoms with E-state index < -0.39 is 11.8 Å². The van der Waals surface area contributed by atoms with E-state index in [9.17, 15) is 9.18 Å². The molecule has 0 unspecified atom stereocenters. The first-order valence-electron chi connectivity index (χ1n) is 4.96. The highest BCUT2D eigenvalue weighted by Crippen LogP contribution is 2.18. The van der Waals surface area contributed by atoms with Crippen molar-refractivity contribution < 1.29 is 14.3 Å². The van der Waals surface area contributed by atoms with Crippen LogP contribution in [0.5, 0.6) is 0 Å². The van der Waals surface area contributed by atoms with Crippen molar-refractivity contribution >= 4 is 23.0 Å². The maximum Gasteiger partial charge on any atom is 0.335 e. The van der Waals surface area contributed by atoms with E-state index in [2.05, 4.69) is 5.32 Å². The Bertz CT molecular complexity index is 525. The SMILES string of the molecule is O=C(O)c1ccc(F)c(NCc2cccs2)c1. The molecule has 5 heteroatoms. The third kappa shape index (κ3) is 2.82. The smallest absolute Gasteiger partial charge is 0.335 e. The summed E-state index contributed by atoms with van der Waals surface area (Å²) in [6.07, 6.45) is 0. The average Bonchev–Trinajstić information content (AvgIpc) is 2.80. The maximum atomic E-state index is 13.4. The molecule has 1 aromatic carbocycles. The van der Waals surface area contributed by atoms with Gasteiger partial charge in [-0.15, -0.1) is 11.3 Å². The minimum absolute atomic E-state index is 0.0695. The number of carboxylic acid groups (broad SMARTS) is 1. The van der Waals surface area contributed by atoms with Crippen LogP contribution in [0.1, 0.15) is 15.2 Å². The number of aromatic carboxylic acids is 1. The van der Waals surface area contributed by atoms with E-state index in [1.165, 1.54) is 12.1 Å². The van der Waals surface area contributed by atoms with Crippen molar-refractivity contribution in [3.8, 4) is 0 Å². The fraction of sp³-hybridized carbons (Fsp3) is 0.0833. The van der Waals surface area contributed by atoms with Crippen molar-refractivity contribution in [1.82, 2.24) is 0 Å². The first-order chi connectivity index (χ1) is 8.16. The largest absolute Gasteiger partial charge is 0.478 e. The fourth-order valence-electron chi connectivity index (χ4n) is 1.39. The van der Waals surface area contributed by atoms with Crippen LogP contribution in [0.4, 0.5) is 10.1 Å². The first-order valence-corrected chi connectivity index (χ1v) is 5.84. The summed E-state index contributed by atoms with van der Waals surface area (Å²) >= 11 is 1.56. The predicted octanol–water partition coefficient (Wildman–Crippen LogP) is 3.20. The van der Waals surface area contributed by atoms with Gasteiger partial charge in [-0.1, -0.05) is 6.07 Å². The van der Waals surface area contributed by atoms with Crippen molar-refractivity contribution in [3.05, 3.63) is 52.0 Å². The third-order valence-corrected chi connectivity index (χ3v) is 3.12. The Morgan fingerprint density at radius 3 is 2.88 bits per heavy atom. The zero-order chi connectivity index (χ0) is 12.3. The Hall–Kier alpha value is -1.88. The van der Waals surface area contributed by atoms with Crippen molar-refractivity contribution in [2.75, 3.05) is 5.32 Å². The lowest BCUT2D eigenvalue weighted by Gasteiger charge is -2.07. The van der Waals surface area contributed by atoms with Crippen LogP contribution in [0.2, 0.25) is 0 Å². The van der Waals surface area contributed by atoms with Gasteiger partial charge in [-0.2, -0.15) is 0 Å². The van der Waals surface area contributed by atoms with Crippen LogP contribution >= 0.6 is 11.3 Å². The van der Waals surface area contributed by atoms with Crippen molar-refractivity contribution in [3.63, 3.8) is 0 Å². The van der Waals surface area contributed by atoms with Gasteiger partial charge in [-0.05, 0) is 29.6 Å². The second-order valence-electron chi connectivity index (χ2n) is 3.43. The molecule has 3 nitrogen and oxygen atoms in total. The van der Waals surface area contributed by atoms with Crippen LogP contribution in [-0.2, 0) is 6.54 Å². The summed E-state index contributed by atoms with van der Waals surface area (Å²) in [5.74, 6) is -1.52. The van der Waals surface area contributed by atoms with E-state index in [-0.39, 0.29) is 11.3 Å². The first kappa shape index (κ1) is 11.6. The van der Waals surface area contributed by atoms with Gasteiger partial charge < -0.3 is 10.4 Å². The molecule has 17 heavy (non-hydrogen) atoms. The van der Waals surface area contributed by atoms with Crippen LogP contribution < -0.4 is 5.32 Å². The van der Waals surface area contributed by atoms with Gasteiger partial charge in [0.2, 0.25) is 0 Å². The molecule has 2 aromatic rings. The normalized spacial score (nSPS) is 10.2. The molecule has 0 saturated heterocycles. The molecule has 0 fully saturated rings. The summed E-state index contributed by atoms with van der Waals surface area (Å²) in [5, 5.41) is 13.6. The Labute approximate surface area is 102 Å². The van der Waals surface area contributed by atoms with Gasteiger partial charge >= 0.3 is 5.97 Å². The average molecular weight is 251 g/mol. The number of rotatable bonds is 4. The Balaban J connectivity index is 2.14. The van der Waals surface area contributed by atoms with E-state index in [4.69, 9.17) is 5.11 Å². The molecule has 2 rings (SSSR count). The number of carbonyl (C=O) groups is 1. The highest BCUT2D eigenvalue weighted by Gasteiger charge is 2.08. The molecule has 2 N–H and O–H groups in total. The fourth-order valence-corrected chi connectivity index (χ4v) is 2.03. The third-order valence-electron chi connectivity index (χ3n) is 2.25. The van der Waals surface area contributed by atoms with Crippen molar-refractivity contribution in [2.45, 2.75) is 6.54 Å². The quantitative estimate of drug-likeness (QED) is 0.877. The van der Waals surface area contributed by atoms with Crippen LogP contribution in [-0.4, -0.2) is 11.1 Å². The predicted molar refractivity (Wildman–Crippen MR) is 65.0 cm³/mol. The zero-order valence-electron chi connectivity index (χ0n) is 8.81. The Kier molecular flexibility index (Phi) is 3.39. The molecule has 0 spiro atoms. The Morgan fingerprint density at radius 2 is 2.24 bits per heavy atom. The topological polar surface area (TPSA) is 49.3 Å². The van der Waals surface area contributed by atoms with Crippen molar-refractivity contribution in [2.24, 2.45) is 0 Å². The molecule has 88 valence electrons. The highest BCUT2D eigenvalue weighted by molar-refractivity contribution is 7.09. The summed E-state index contributed by atoms with van der Waals surface area (Å²) in [6.45, 7) is 0.484. The highest BCUT2D eigenvalue weighted by atomic mass is 32.1. The lowest BCUT2D eigenvalue weighted by Crippen LogP contribution is -2.03. The molecule has 0 radical (unpaired) electrons. The summed E-state index contributed by atoms with van der Waals surface area (Å²) in [4.78, 5) is 11.8. The number of nitrogens with one attached hydrogen (secondary N) is 1. The summed E-state index contributed by atoms with van der Waals surface area (Å²) in [6, 6.07) is 7.53. The van der Waals surface area contributed by atoms with Crippen LogP contribution in [0.25, 0.3) is 0 Å². The van der Waals surface area contributed by atoms with Crippen LogP contribution in [0, 0.1) is 5.82 Å². The summed E-state index contributed by atoms with van der Waals surface area (Å²) < 4.78 is 13.4. The number of hydrogen-bond donors (Lipinski definition) is 2. The molecule has 0 aliphatic heterocycles. The minimum Gasteiger partial charge on any atom is -0.478 e. The van der Waals surface area contributed by atoms with Gasteiger partial charge in [0.15, 0.2) is 0 Å². The number of thiophene rings is 1. The van der Waals surface area contributed by atoms with Gasteiger partial charge in [0.1, 0.15) is 5.82 Å². The summed E-state index contributed by atoms with van der Waals surface area (Å²) in [7, 11) is 0. The van der Waals surface area contributed by atoms with E-state index >= 15 is 0 Å². The molecule has 1 aromatic heterocycles. The van der Waals surface area contributed by atoms with Gasteiger partial charge in [0, 0.05) is 11.4 Å². The van der Waals surface area contributed by atoms with E-state index in [1.54, 1.807) is 11.3 Å². The van der Waals surface area contributed by atoms with Gasteiger partial charge in [-0.25, -0.2) is 9.18 Å². The lowest BCUT2D eigenvalue weighted by molar-refractivity contribution is 0.0697. The molecule has 1 heterocycles. The van der Waals surface area contributed by atoms with Crippen LogP contribution in [0.3, 0.4) is 0 Å². The van der Waals surface area contributed by atoms with E-state index in [0.29, 0.717) is 6.54 Å². The molecule has 0 aliphatic rings.